The molecule has 0 saturated carbocycles. The highest BCUT2D eigenvalue weighted by atomic mass is 16.4. The molecule has 2 heterocycles. The van der Waals surface area contributed by atoms with Crippen LogP contribution in [0.3, 0.4) is 0 Å². The molecule has 0 atom stereocenters. The maximum atomic E-state index is 10.8. The minimum absolute atomic E-state index is 0.0104. The fraction of sp³-hybridized carbons (Fsp3) is 0.538. The molecule has 1 fully saturated rings. The lowest BCUT2D eigenvalue weighted by atomic mass is 10.3. The van der Waals surface area contributed by atoms with Crippen molar-refractivity contribution < 1.29 is 9.90 Å². The summed E-state index contributed by atoms with van der Waals surface area (Å²) in [4.78, 5) is 17.3. The van der Waals surface area contributed by atoms with Gasteiger partial charge in [-0.1, -0.05) is 0 Å². The number of hydrogen-bond acceptors (Lipinski definition) is 5. The van der Waals surface area contributed by atoms with Crippen molar-refractivity contribution in [1.29, 1.82) is 0 Å². The van der Waals surface area contributed by atoms with Crippen molar-refractivity contribution in [3.63, 3.8) is 0 Å². The number of carboxylic acid groups (broad SMARTS) is 1. The standard InChI is InChI=1S/C13H20N4O2/c14-10-4-5-11(13(18)19)16-12(10)15-6-3-9-17-7-1-2-8-17/h4-5H,1-3,6-9,14H2,(H,15,16)(H,18,19). The largest absolute Gasteiger partial charge is 0.477 e. The van der Waals surface area contributed by atoms with Gasteiger partial charge in [-0.3, -0.25) is 0 Å². The van der Waals surface area contributed by atoms with Crippen molar-refractivity contribution in [2.75, 3.05) is 37.2 Å². The molecule has 4 N–H and O–H groups in total. The Morgan fingerprint density at radius 1 is 1.42 bits per heavy atom. The Morgan fingerprint density at radius 3 is 2.84 bits per heavy atom. The Bertz CT molecular complexity index is 444. The van der Waals surface area contributed by atoms with E-state index in [1.54, 1.807) is 6.07 Å². The quantitative estimate of drug-likeness (QED) is 0.670. The number of rotatable bonds is 6. The van der Waals surface area contributed by atoms with Crippen molar-refractivity contribution in [2.45, 2.75) is 19.3 Å². The highest BCUT2D eigenvalue weighted by molar-refractivity contribution is 5.86. The summed E-state index contributed by atoms with van der Waals surface area (Å²) < 4.78 is 0. The molecule has 1 aromatic heterocycles. The van der Waals surface area contributed by atoms with E-state index in [1.807, 2.05) is 0 Å². The lowest BCUT2D eigenvalue weighted by Gasteiger charge is -2.15. The molecule has 0 unspecified atom stereocenters. The lowest BCUT2D eigenvalue weighted by molar-refractivity contribution is 0.0690. The predicted molar refractivity (Wildman–Crippen MR) is 74.4 cm³/mol. The third-order valence-corrected chi connectivity index (χ3v) is 3.29. The molecule has 2 rings (SSSR count). The first-order valence-electron chi connectivity index (χ1n) is 6.63. The number of nitrogens with one attached hydrogen (secondary N) is 1. The number of aromatic nitrogens is 1. The number of anilines is 2. The number of nitrogen functional groups attached to an aromatic ring is 1. The number of carbonyl (C=O) groups is 1. The van der Waals surface area contributed by atoms with Gasteiger partial charge in [0.1, 0.15) is 5.82 Å². The minimum atomic E-state index is -1.04. The molecule has 1 aromatic rings. The number of aromatic carboxylic acids is 1. The first-order valence-corrected chi connectivity index (χ1v) is 6.63. The smallest absolute Gasteiger partial charge is 0.354 e. The lowest BCUT2D eigenvalue weighted by Crippen LogP contribution is -2.22. The van der Waals surface area contributed by atoms with Crippen LogP contribution in [0.25, 0.3) is 0 Å². The highest BCUT2D eigenvalue weighted by Crippen LogP contribution is 2.16. The number of nitrogens with two attached hydrogens (primary N) is 1. The number of carboxylic acids is 1. The molecule has 0 bridgehead atoms. The first-order chi connectivity index (χ1) is 9.16. The van der Waals surface area contributed by atoms with Crippen molar-refractivity contribution in [2.24, 2.45) is 0 Å². The molecule has 1 saturated heterocycles. The van der Waals surface area contributed by atoms with Crippen LogP contribution in [0.1, 0.15) is 29.8 Å². The number of pyridine rings is 1. The van der Waals surface area contributed by atoms with Crippen LogP contribution in [-0.4, -0.2) is 47.1 Å². The maximum absolute atomic E-state index is 10.8. The Labute approximate surface area is 112 Å². The summed E-state index contributed by atoms with van der Waals surface area (Å²) in [6, 6.07) is 2.98. The van der Waals surface area contributed by atoms with Gasteiger partial charge >= 0.3 is 5.97 Å². The van der Waals surface area contributed by atoms with E-state index in [-0.39, 0.29) is 5.69 Å². The fourth-order valence-corrected chi connectivity index (χ4v) is 2.25. The van der Waals surface area contributed by atoms with Crippen molar-refractivity contribution in [3.05, 3.63) is 17.8 Å². The summed E-state index contributed by atoms with van der Waals surface area (Å²) in [6.45, 7) is 4.19. The molecule has 0 aromatic carbocycles. The minimum Gasteiger partial charge on any atom is -0.477 e. The average molecular weight is 264 g/mol. The van der Waals surface area contributed by atoms with Gasteiger partial charge in [-0.05, 0) is 51.0 Å². The normalized spacial score (nSPS) is 15.6. The van der Waals surface area contributed by atoms with Gasteiger partial charge in [0.2, 0.25) is 0 Å². The summed E-state index contributed by atoms with van der Waals surface area (Å²) in [5.41, 5.74) is 6.25. The van der Waals surface area contributed by atoms with Crippen LogP contribution in [0.15, 0.2) is 12.1 Å². The van der Waals surface area contributed by atoms with Crippen molar-refractivity contribution in [3.8, 4) is 0 Å². The van der Waals surface area contributed by atoms with Gasteiger partial charge in [0, 0.05) is 6.54 Å². The fourth-order valence-electron chi connectivity index (χ4n) is 2.25. The molecule has 1 aliphatic heterocycles. The van der Waals surface area contributed by atoms with Gasteiger partial charge in [0.15, 0.2) is 5.69 Å². The average Bonchev–Trinajstić information content (AvgIpc) is 2.89. The van der Waals surface area contributed by atoms with Gasteiger partial charge in [0.05, 0.1) is 5.69 Å². The molecule has 0 radical (unpaired) electrons. The zero-order valence-corrected chi connectivity index (χ0v) is 10.9. The topological polar surface area (TPSA) is 91.5 Å². The van der Waals surface area contributed by atoms with E-state index in [1.165, 1.54) is 32.0 Å². The first kappa shape index (κ1) is 13.6. The number of hydrogen-bond donors (Lipinski definition) is 3. The Hall–Kier alpha value is -1.82. The van der Waals surface area contributed by atoms with Gasteiger partial charge in [-0.25, -0.2) is 9.78 Å². The third-order valence-electron chi connectivity index (χ3n) is 3.29. The summed E-state index contributed by atoms with van der Waals surface area (Å²) in [7, 11) is 0. The van der Waals surface area contributed by atoms with Crippen molar-refractivity contribution in [1.82, 2.24) is 9.88 Å². The molecular formula is C13H20N4O2. The van der Waals surface area contributed by atoms with Crippen LogP contribution in [0.4, 0.5) is 11.5 Å². The molecule has 19 heavy (non-hydrogen) atoms. The Kier molecular flexibility index (Phi) is 4.57. The molecule has 104 valence electrons. The van der Waals surface area contributed by atoms with Crippen LogP contribution in [-0.2, 0) is 0 Å². The second-order valence-corrected chi connectivity index (χ2v) is 4.77. The molecule has 0 spiro atoms. The molecule has 0 amide bonds. The predicted octanol–water partition coefficient (Wildman–Crippen LogP) is 1.26. The van der Waals surface area contributed by atoms with E-state index in [2.05, 4.69) is 15.2 Å². The summed E-state index contributed by atoms with van der Waals surface area (Å²) in [6.07, 6.45) is 3.59. The van der Waals surface area contributed by atoms with Crippen LogP contribution >= 0.6 is 0 Å². The van der Waals surface area contributed by atoms with Crippen molar-refractivity contribution >= 4 is 17.5 Å². The Morgan fingerprint density at radius 2 is 2.16 bits per heavy atom. The van der Waals surface area contributed by atoms with Gasteiger partial charge in [-0.15, -0.1) is 0 Å². The van der Waals surface area contributed by atoms with Crippen LogP contribution in [0.2, 0.25) is 0 Å². The van der Waals surface area contributed by atoms with E-state index >= 15 is 0 Å². The van der Waals surface area contributed by atoms with Gasteiger partial charge in [0.25, 0.3) is 0 Å². The summed E-state index contributed by atoms with van der Waals surface area (Å²) in [5.74, 6) is -0.582. The second-order valence-electron chi connectivity index (χ2n) is 4.77. The highest BCUT2D eigenvalue weighted by Gasteiger charge is 2.11. The van der Waals surface area contributed by atoms with Crippen LogP contribution in [0.5, 0.6) is 0 Å². The molecule has 6 nitrogen and oxygen atoms in total. The summed E-state index contributed by atoms with van der Waals surface area (Å²) in [5, 5.41) is 12.0. The van der Waals surface area contributed by atoms with Crippen LogP contribution < -0.4 is 11.1 Å². The molecule has 1 aliphatic rings. The van der Waals surface area contributed by atoms with E-state index in [4.69, 9.17) is 10.8 Å². The second kappa shape index (κ2) is 6.38. The van der Waals surface area contributed by atoms with E-state index < -0.39 is 5.97 Å². The SMILES string of the molecule is Nc1ccc(C(=O)O)nc1NCCCN1CCCC1. The zero-order valence-electron chi connectivity index (χ0n) is 10.9. The molecule has 0 aliphatic carbocycles. The number of nitrogens with zero attached hydrogens (tertiary/aromatic N) is 2. The van der Waals surface area contributed by atoms with Crippen LogP contribution in [0, 0.1) is 0 Å². The third kappa shape index (κ3) is 3.82. The van der Waals surface area contributed by atoms with E-state index in [9.17, 15) is 4.79 Å². The Balaban J connectivity index is 1.81. The summed E-state index contributed by atoms with van der Waals surface area (Å²) >= 11 is 0. The monoisotopic (exact) mass is 264 g/mol. The zero-order chi connectivity index (χ0) is 13.7. The van der Waals surface area contributed by atoms with E-state index in [0.29, 0.717) is 11.5 Å². The molecule has 6 heteroatoms. The van der Waals surface area contributed by atoms with E-state index in [0.717, 1.165) is 19.5 Å². The van der Waals surface area contributed by atoms with Gasteiger partial charge in [-0.2, -0.15) is 0 Å². The van der Waals surface area contributed by atoms with Gasteiger partial charge < -0.3 is 21.1 Å². The maximum Gasteiger partial charge on any atom is 0.354 e. The number of likely N-dealkylation sites (tertiary alicyclic amines) is 1. The molecular weight excluding hydrogens is 244 g/mol.